The van der Waals surface area contributed by atoms with E-state index in [0.29, 0.717) is 30.0 Å². The molecule has 1 unspecified atom stereocenters. The van der Waals surface area contributed by atoms with Crippen LogP contribution in [0.1, 0.15) is 72.6 Å². The second-order valence-electron chi connectivity index (χ2n) is 10.6. The minimum atomic E-state index is -0.355. The van der Waals surface area contributed by atoms with Crippen molar-refractivity contribution in [3.8, 4) is 5.75 Å². The van der Waals surface area contributed by atoms with Crippen molar-refractivity contribution >= 4 is 23.2 Å². The van der Waals surface area contributed by atoms with Gasteiger partial charge in [-0.15, -0.1) is 0 Å². The van der Waals surface area contributed by atoms with Crippen LogP contribution in [-0.2, 0) is 0 Å². The Kier molecular flexibility index (Phi) is 6.38. The predicted octanol–water partition coefficient (Wildman–Crippen LogP) is 4.75. The summed E-state index contributed by atoms with van der Waals surface area (Å²) in [5.41, 5.74) is 2.54. The Morgan fingerprint density at radius 2 is 1.76 bits per heavy atom. The predicted molar refractivity (Wildman–Crippen MR) is 141 cm³/mol. The van der Waals surface area contributed by atoms with Crippen LogP contribution in [0.25, 0.3) is 5.65 Å². The van der Waals surface area contributed by atoms with Gasteiger partial charge in [0.15, 0.2) is 5.65 Å². The number of hydrogen-bond acceptors (Lipinski definition) is 6. The van der Waals surface area contributed by atoms with E-state index in [4.69, 9.17) is 14.8 Å². The summed E-state index contributed by atoms with van der Waals surface area (Å²) in [5, 5.41) is 5.04. The number of nitrogens with zero attached hydrogens (tertiary/aromatic N) is 6. The number of carbonyl (C=O) groups excluding carboxylic acids is 1. The maximum absolute atomic E-state index is 14.5. The summed E-state index contributed by atoms with van der Waals surface area (Å²) in [4.78, 5) is 25.4. The Morgan fingerprint density at radius 3 is 2.59 bits per heavy atom. The van der Waals surface area contributed by atoms with Gasteiger partial charge in [-0.3, -0.25) is 4.79 Å². The van der Waals surface area contributed by atoms with Gasteiger partial charge >= 0.3 is 0 Å². The fourth-order valence-corrected chi connectivity index (χ4v) is 5.84. The van der Waals surface area contributed by atoms with Crippen molar-refractivity contribution in [1.29, 1.82) is 0 Å². The van der Waals surface area contributed by atoms with Gasteiger partial charge in [0.05, 0.1) is 23.9 Å². The Balaban J connectivity index is 1.47. The number of aromatic nitrogens is 3. The number of halogens is 1. The van der Waals surface area contributed by atoms with Crippen LogP contribution < -0.4 is 14.5 Å². The van der Waals surface area contributed by atoms with E-state index in [0.717, 1.165) is 74.7 Å². The van der Waals surface area contributed by atoms with E-state index < -0.39 is 0 Å². The summed E-state index contributed by atoms with van der Waals surface area (Å²) in [5.74, 6) is 1.84. The van der Waals surface area contributed by atoms with Crippen molar-refractivity contribution in [1.82, 2.24) is 19.5 Å². The maximum atomic E-state index is 14.5. The number of anilines is 2. The number of aryl methyl sites for hydroxylation is 1. The topological polar surface area (TPSA) is 66.2 Å². The highest BCUT2D eigenvalue weighted by molar-refractivity contribution is 5.97. The number of ether oxygens (including phenoxy) is 1. The Bertz CT molecular complexity index is 1320. The molecule has 8 nitrogen and oxygen atoms in total. The number of benzene rings is 1. The quantitative estimate of drug-likeness (QED) is 0.475. The minimum Gasteiger partial charge on any atom is -0.493 e. The van der Waals surface area contributed by atoms with Crippen LogP contribution in [0.2, 0.25) is 0 Å². The molecule has 0 saturated carbocycles. The number of amides is 1. The summed E-state index contributed by atoms with van der Waals surface area (Å²) < 4.78 is 22.4. The van der Waals surface area contributed by atoms with Crippen LogP contribution in [0.3, 0.4) is 0 Å². The maximum Gasteiger partial charge on any atom is 0.258 e. The molecule has 6 rings (SSSR count). The van der Waals surface area contributed by atoms with E-state index in [-0.39, 0.29) is 17.8 Å². The van der Waals surface area contributed by atoms with Crippen molar-refractivity contribution in [2.24, 2.45) is 0 Å². The van der Waals surface area contributed by atoms with E-state index >= 15 is 0 Å². The molecule has 1 atom stereocenters. The zero-order valence-corrected chi connectivity index (χ0v) is 21.7. The summed E-state index contributed by atoms with van der Waals surface area (Å²) in [7, 11) is 2.09. The van der Waals surface area contributed by atoms with Crippen molar-refractivity contribution in [2.75, 3.05) is 49.6 Å². The summed E-state index contributed by atoms with van der Waals surface area (Å²) in [6.45, 7) is 5.61. The van der Waals surface area contributed by atoms with Crippen LogP contribution in [0.4, 0.5) is 16.0 Å². The molecule has 9 heteroatoms. The van der Waals surface area contributed by atoms with Crippen LogP contribution in [0, 0.1) is 12.7 Å². The van der Waals surface area contributed by atoms with Crippen LogP contribution in [0.15, 0.2) is 24.3 Å². The summed E-state index contributed by atoms with van der Waals surface area (Å²) >= 11 is 0. The molecule has 2 saturated heterocycles. The smallest absolute Gasteiger partial charge is 0.258 e. The first-order valence-electron chi connectivity index (χ1n) is 13.6. The molecule has 1 amide bonds. The molecule has 2 bridgehead atoms. The lowest BCUT2D eigenvalue weighted by molar-refractivity contribution is 0.0601. The van der Waals surface area contributed by atoms with E-state index in [9.17, 15) is 9.18 Å². The van der Waals surface area contributed by atoms with E-state index in [1.807, 2.05) is 15.5 Å². The largest absolute Gasteiger partial charge is 0.493 e. The average molecular weight is 507 g/mol. The molecule has 0 aliphatic carbocycles. The molecular formula is C28H35FN6O2. The molecule has 3 aromatic rings. The van der Waals surface area contributed by atoms with Gasteiger partial charge in [0.2, 0.25) is 0 Å². The lowest BCUT2D eigenvalue weighted by Gasteiger charge is -2.35. The molecule has 37 heavy (non-hydrogen) atoms. The third kappa shape index (κ3) is 4.49. The summed E-state index contributed by atoms with van der Waals surface area (Å²) in [6, 6.07) is 7.03. The molecule has 1 aromatic carbocycles. The number of carbonyl (C=O) groups is 1. The number of fused-ring (bicyclic) bond motifs is 4. The Hall–Kier alpha value is -3.36. The van der Waals surface area contributed by atoms with Gasteiger partial charge < -0.3 is 19.4 Å². The normalized spacial score (nSPS) is 21.0. The third-order valence-corrected chi connectivity index (χ3v) is 7.98. The van der Waals surface area contributed by atoms with Gasteiger partial charge in [-0.25, -0.2) is 9.37 Å². The fourth-order valence-electron chi connectivity index (χ4n) is 5.84. The lowest BCUT2D eigenvalue weighted by Crippen LogP contribution is -2.39. The van der Waals surface area contributed by atoms with Crippen molar-refractivity contribution in [3.05, 3.63) is 46.9 Å². The van der Waals surface area contributed by atoms with Crippen molar-refractivity contribution in [2.45, 2.75) is 57.9 Å². The summed E-state index contributed by atoms with van der Waals surface area (Å²) in [6.07, 6.45) is 6.83. The van der Waals surface area contributed by atoms with Gasteiger partial charge in [0, 0.05) is 51.4 Å². The number of rotatable bonds is 1. The highest BCUT2D eigenvalue weighted by atomic mass is 19.1. The average Bonchev–Trinajstić information content (AvgIpc) is 3.59. The Labute approximate surface area is 217 Å². The molecule has 0 N–H and O–H groups in total. The van der Waals surface area contributed by atoms with Crippen LogP contribution in [-0.4, -0.2) is 65.2 Å². The minimum absolute atomic E-state index is 0.127. The van der Waals surface area contributed by atoms with Crippen LogP contribution in [0.5, 0.6) is 5.75 Å². The SMILES string of the molecule is Cc1cc2c(cc1F)OCCCCN(C)c1cc(N3CCCC3)nc3cc(nn13)C1CCCCN1C2=O. The van der Waals surface area contributed by atoms with Gasteiger partial charge in [0.1, 0.15) is 23.2 Å². The second-order valence-corrected chi connectivity index (χ2v) is 10.6. The zero-order valence-electron chi connectivity index (χ0n) is 21.7. The monoisotopic (exact) mass is 506 g/mol. The van der Waals surface area contributed by atoms with Crippen molar-refractivity contribution in [3.63, 3.8) is 0 Å². The standard InChI is InChI=1S/C28H35FN6O2/c1-19-15-20-24(16-21(19)29)37-14-8-7-10-32(2)27-18-25(33-11-5-6-12-33)30-26-17-22(31-35(26)27)23-9-3-4-13-34(23)28(20)36/h15-18,23H,3-14H2,1-2H3. The number of hydrogen-bond donors (Lipinski definition) is 0. The second kappa shape index (κ2) is 9.84. The highest BCUT2D eigenvalue weighted by Crippen LogP contribution is 2.35. The molecule has 196 valence electrons. The first-order valence-corrected chi connectivity index (χ1v) is 13.6. The number of piperidine rings is 1. The molecule has 2 fully saturated rings. The third-order valence-electron chi connectivity index (χ3n) is 7.98. The first kappa shape index (κ1) is 24.0. The molecule has 3 aliphatic heterocycles. The molecule has 0 radical (unpaired) electrons. The Morgan fingerprint density at radius 1 is 0.973 bits per heavy atom. The van der Waals surface area contributed by atoms with Gasteiger partial charge in [-0.2, -0.15) is 9.61 Å². The fraction of sp³-hybridized carbons (Fsp3) is 0.536. The van der Waals surface area contributed by atoms with E-state index in [1.54, 1.807) is 13.0 Å². The van der Waals surface area contributed by atoms with Crippen molar-refractivity contribution < 1.29 is 13.9 Å². The van der Waals surface area contributed by atoms with Gasteiger partial charge in [0.25, 0.3) is 5.91 Å². The molecule has 0 spiro atoms. The van der Waals surface area contributed by atoms with E-state index in [1.165, 1.54) is 18.9 Å². The lowest BCUT2D eigenvalue weighted by atomic mass is 9.97. The van der Waals surface area contributed by atoms with Crippen LogP contribution >= 0.6 is 0 Å². The molecule has 5 heterocycles. The molecule has 3 aliphatic rings. The molecular weight excluding hydrogens is 471 g/mol. The zero-order chi connectivity index (χ0) is 25.5. The van der Waals surface area contributed by atoms with Gasteiger partial charge in [-0.1, -0.05) is 0 Å². The molecule has 2 aromatic heterocycles. The van der Waals surface area contributed by atoms with Gasteiger partial charge in [-0.05, 0) is 63.5 Å². The highest BCUT2D eigenvalue weighted by Gasteiger charge is 2.33. The van der Waals surface area contributed by atoms with E-state index in [2.05, 4.69) is 22.9 Å². The first-order chi connectivity index (χ1) is 18.0.